The molecule has 0 saturated carbocycles. The van der Waals surface area contributed by atoms with Gasteiger partial charge in [-0.05, 0) is 51.4 Å². The van der Waals surface area contributed by atoms with E-state index in [1.54, 1.807) is 12.1 Å². The number of aromatic nitrogens is 1. The Bertz CT molecular complexity index is 684. The Balaban J connectivity index is 1.83. The first-order chi connectivity index (χ1) is 11.1. The van der Waals surface area contributed by atoms with E-state index < -0.39 is 0 Å². The molecule has 1 saturated heterocycles. The van der Waals surface area contributed by atoms with E-state index in [1.165, 1.54) is 32.4 Å². The first kappa shape index (κ1) is 16.0. The van der Waals surface area contributed by atoms with Crippen LogP contribution in [0.5, 0.6) is 5.75 Å². The van der Waals surface area contributed by atoms with Gasteiger partial charge in [-0.25, -0.2) is 9.37 Å². The van der Waals surface area contributed by atoms with Gasteiger partial charge in [0, 0.05) is 18.2 Å². The molecule has 0 aliphatic carbocycles. The van der Waals surface area contributed by atoms with Crippen LogP contribution in [0.15, 0.2) is 22.6 Å². The number of oxazole rings is 1. The lowest BCUT2D eigenvalue weighted by Crippen LogP contribution is -2.37. The number of halogens is 1. The minimum absolute atomic E-state index is 0.199. The molecule has 0 amide bonds. The molecular weight excluding hydrogens is 295 g/mol. The second-order valence-corrected chi connectivity index (χ2v) is 6.19. The third-order valence-electron chi connectivity index (χ3n) is 4.58. The first-order valence-electron chi connectivity index (χ1n) is 8.12. The molecule has 4 nitrogen and oxygen atoms in total. The lowest BCUT2D eigenvalue weighted by molar-refractivity contribution is 0.150. The number of benzene rings is 1. The summed E-state index contributed by atoms with van der Waals surface area (Å²) in [4.78, 5) is 7.08. The van der Waals surface area contributed by atoms with Crippen LogP contribution in [0.2, 0.25) is 0 Å². The van der Waals surface area contributed by atoms with Crippen molar-refractivity contribution >= 4 is 0 Å². The number of ether oxygens (including phenoxy) is 1. The van der Waals surface area contributed by atoms with E-state index >= 15 is 0 Å². The lowest BCUT2D eigenvalue weighted by atomic mass is 10.0. The van der Waals surface area contributed by atoms with Crippen LogP contribution in [0.3, 0.4) is 0 Å². The molecule has 1 aliphatic rings. The summed E-state index contributed by atoms with van der Waals surface area (Å²) in [6.07, 6.45) is 3.78. The zero-order valence-electron chi connectivity index (χ0n) is 13.9. The Morgan fingerprint density at radius 1 is 1.39 bits per heavy atom. The number of piperidine rings is 1. The van der Waals surface area contributed by atoms with Gasteiger partial charge in [-0.2, -0.15) is 0 Å². The molecule has 5 heteroatoms. The SMILES string of the molecule is COc1cc(-c2nc(CN3CCCC[C@@H]3C)c(C)o2)ccc1F. The van der Waals surface area contributed by atoms with Gasteiger partial charge in [0.1, 0.15) is 5.76 Å². The summed E-state index contributed by atoms with van der Waals surface area (Å²) in [5, 5.41) is 0. The highest BCUT2D eigenvalue weighted by molar-refractivity contribution is 5.56. The summed E-state index contributed by atoms with van der Waals surface area (Å²) in [5.41, 5.74) is 1.68. The highest BCUT2D eigenvalue weighted by atomic mass is 19.1. The van der Waals surface area contributed by atoms with Crippen LogP contribution in [-0.4, -0.2) is 29.6 Å². The fourth-order valence-corrected chi connectivity index (χ4v) is 3.08. The molecule has 1 aliphatic heterocycles. The van der Waals surface area contributed by atoms with Gasteiger partial charge in [0.15, 0.2) is 11.6 Å². The van der Waals surface area contributed by atoms with E-state index in [4.69, 9.17) is 9.15 Å². The van der Waals surface area contributed by atoms with Gasteiger partial charge in [0.2, 0.25) is 5.89 Å². The Hall–Kier alpha value is -1.88. The van der Waals surface area contributed by atoms with Gasteiger partial charge < -0.3 is 9.15 Å². The number of hydrogen-bond acceptors (Lipinski definition) is 4. The maximum atomic E-state index is 13.5. The molecule has 0 bridgehead atoms. The van der Waals surface area contributed by atoms with Gasteiger partial charge >= 0.3 is 0 Å². The second kappa shape index (κ2) is 6.71. The highest BCUT2D eigenvalue weighted by Gasteiger charge is 2.21. The van der Waals surface area contributed by atoms with Crippen molar-refractivity contribution in [1.82, 2.24) is 9.88 Å². The quantitative estimate of drug-likeness (QED) is 0.848. The Morgan fingerprint density at radius 2 is 2.22 bits per heavy atom. The van der Waals surface area contributed by atoms with Gasteiger partial charge in [-0.1, -0.05) is 6.42 Å². The average molecular weight is 318 g/mol. The largest absolute Gasteiger partial charge is 0.494 e. The van der Waals surface area contributed by atoms with Crippen molar-refractivity contribution in [3.8, 4) is 17.2 Å². The molecular formula is C18H23FN2O2. The Morgan fingerprint density at radius 3 is 2.96 bits per heavy atom. The summed E-state index contributed by atoms with van der Waals surface area (Å²) in [6.45, 7) is 6.10. The van der Waals surface area contributed by atoms with E-state index in [0.29, 0.717) is 11.9 Å². The number of aryl methyl sites for hydroxylation is 1. The van der Waals surface area contributed by atoms with Crippen molar-refractivity contribution in [3.05, 3.63) is 35.5 Å². The third-order valence-corrected chi connectivity index (χ3v) is 4.58. The van der Waals surface area contributed by atoms with E-state index in [-0.39, 0.29) is 11.6 Å². The molecule has 1 aromatic carbocycles. The minimum Gasteiger partial charge on any atom is -0.494 e. The molecule has 2 aromatic rings. The standard InChI is InChI=1S/C18H23FN2O2/c1-12-6-4-5-9-21(12)11-16-13(2)23-18(20-16)14-7-8-15(19)17(10-14)22-3/h7-8,10,12H,4-6,9,11H2,1-3H3/t12-/m0/s1. The molecule has 124 valence electrons. The van der Waals surface area contributed by atoms with Gasteiger partial charge in [-0.3, -0.25) is 4.90 Å². The van der Waals surface area contributed by atoms with Gasteiger partial charge in [-0.15, -0.1) is 0 Å². The Labute approximate surface area is 136 Å². The predicted octanol–water partition coefficient (Wildman–Crippen LogP) is 4.17. The molecule has 0 spiro atoms. The van der Waals surface area contributed by atoms with E-state index in [1.807, 2.05) is 6.92 Å². The van der Waals surface area contributed by atoms with Crippen LogP contribution in [0.4, 0.5) is 4.39 Å². The monoisotopic (exact) mass is 318 g/mol. The summed E-state index contributed by atoms with van der Waals surface area (Å²) < 4.78 is 24.4. The van der Waals surface area contributed by atoms with Crippen LogP contribution in [0.1, 0.15) is 37.6 Å². The van der Waals surface area contributed by atoms with Crippen molar-refractivity contribution in [2.75, 3.05) is 13.7 Å². The third kappa shape index (κ3) is 3.39. The number of methoxy groups -OCH3 is 1. The molecule has 2 heterocycles. The molecule has 1 atom stereocenters. The fraction of sp³-hybridized carbons (Fsp3) is 0.500. The molecule has 0 N–H and O–H groups in total. The van der Waals surface area contributed by atoms with Crippen molar-refractivity contribution in [2.24, 2.45) is 0 Å². The number of rotatable bonds is 4. The van der Waals surface area contributed by atoms with Crippen LogP contribution in [0.25, 0.3) is 11.5 Å². The van der Waals surface area contributed by atoms with Crippen molar-refractivity contribution in [3.63, 3.8) is 0 Å². The molecule has 0 unspecified atom stereocenters. The van der Waals surface area contributed by atoms with Crippen molar-refractivity contribution in [1.29, 1.82) is 0 Å². The van der Waals surface area contributed by atoms with Crippen LogP contribution in [0, 0.1) is 12.7 Å². The van der Waals surface area contributed by atoms with Crippen molar-refractivity contribution in [2.45, 2.75) is 45.7 Å². The molecule has 3 rings (SSSR count). The predicted molar refractivity (Wildman–Crippen MR) is 86.9 cm³/mol. The van der Waals surface area contributed by atoms with Crippen LogP contribution >= 0.6 is 0 Å². The maximum Gasteiger partial charge on any atom is 0.226 e. The molecule has 23 heavy (non-hydrogen) atoms. The Kier molecular flexibility index (Phi) is 4.66. The molecule has 1 aromatic heterocycles. The van der Waals surface area contributed by atoms with Crippen molar-refractivity contribution < 1.29 is 13.5 Å². The second-order valence-electron chi connectivity index (χ2n) is 6.19. The average Bonchev–Trinajstić information content (AvgIpc) is 2.91. The van der Waals surface area contributed by atoms with Gasteiger partial charge in [0.25, 0.3) is 0 Å². The minimum atomic E-state index is -0.387. The maximum absolute atomic E-state index is 13.5. The zero-order valence-corrected chi connectivity index (χ0v) is 13.9. The number of nitrogens with zero attached hydrogens (tertiary/aromatic N) is 2. The van der Waals surface area contributed by atoms with E-state index in [2.05, 4.69) is 16.8 Å². The smallest absolute Gasteiger partial charge is 0.226 e. The van der Waals surface area contributed by atoms with Crippen LogP contribution in [-0.2, 0) is 6.54 Å². The first-order valence-corrected chi connectivity index (χ1v) is 8.12. The summed E-state index contributed by atoms with van der Waals surface area (Å²) in [7, 11) is 1.45. The summed E-state index contributed by atoms with van der Waals surface area (Å²) in [6, 6.07) is 5.24. The van der Waals surface area contributed by atoms with E-state index in [9.17, 15) is 4.39 Å². The molecule has 0 radical (unpaired) electrons. The lowest BCUT2D eigenvalue weighted by Gasteiger charge is -2.32. The highest BCUT2D eigenvalue weighted by Crippen LogP contribution is 2.28. The summed E-state index contributed by atoms with van der Waals surface area (Å²) >= 11 is 0. The zero-order chi connectivity index (χ0) is 16.4. The normalized spacial score (nSPS) is 19.0. The van der Waals surface area contributed by atoms with Gasteiger partial charge in [0.05, 0.1) is 12.8 Å². The van der Waals surface area contributed by atoms with E-state index in [0.717, 1.165) is 30.1 Å². The molecule has 1 fully saturated rings. The van der Waals surface area contributed by atoms with Crippen LogP contribution < -0.4 is 4.74 Å². The fourth-order valence-electron chi connectivity index (χ4n) is 3.08. The number of likely N-dealkylation sites (tertiary alicyclic amines) is 1. The topological polar surface area (TPSA) is 38.5 Å². The number of hydrogen-bond donors (Lipinski definition) is 0. The summed E-state index contributed by atoms with van der Waals surface area (Å²) in [5.74, 6) is 1.15.